The lowest BCUT2D eigenvalue weighted by atomic mass is 10.1. The van der Waals surface area contributed by atoms with Gasteiger partial charge >= 0.3 is 12.0 Å². The largest absolute Gasteiger partial charge is 0.459 e. The lowest BCUT2D eigenvalue weighted by molar-refractivity contribution is -0.147. The number of hydrogen-bond acceptors (Lipinski definition) is 4. The van der Waals surface area contributed by atoms with Gasteiger partial charge in [-0.3, -0.25) is 0 Å². The zero-order chi connectivity index (χ0) is 17.4. The molecule has 0 bridgehead atoms. The molecule has 6 nitrogen and oxygen atoms in total. The van der Waals surface area contributed by atoms with Crippen LogP contribution in [-0.2, 0) is 22.6 Å². The Morgan fingerprint density at radius 1 is 1.12 bits per heavy atom. The molecule has 0 saturated carbocycles. The molecule has 0 fully saturated rings. The number of nitrogens with zero attached hydrogens (tertiary/aromatic N) is 1. The molecule has 2 amide bonds. The number of nitrogens with two attached hydrogens (primary N) is 1. The third-order valence-electron chi connectivity index (χ3n) is 3.32. The zero-order valence-electron chi connectivity index (χ0n) is 12.9. The molecule has 0 aliphatic carbocycles. The monoisotopic (exact) mass is 323 g/mol. The van der Waals surface area contributed by atoms with Gasteiger partial charge in [0.1, 0.15) is 12.6 Å². The highest BCUT2D eigenvalue weighted by Gasteiger charge is 2.22. The molecule has 0 heterocycles. The number of benzene rings is 2. The fraction of sp³-hybridized carbons (Fsp3) is 0.167. The maximum absolute atomic E-state index is 12.3. The molecule has 2 aromatic rings. The average molecular weight is 323 g/mol. The summed E-state index contributed by atoms with van der Waals surface area (Å²) in [4.78, 5) is 23.4. The number of carbonyl (C=O) groups is 2. The van der Waals surface area contributed by atoms with Crippen molar-refractivity contribution < 1.29 is 14.3 Å². The van der Waals surface area contributed by atoms with E-state index in [1.54, 1.807) is 24.3 Å². The minimum atomic E-state index is -0.871. The maximum atomic E-state index is 12.3. The summed E-state index contributed by atoms with van der Waals surface area (Å²) in [5.41, 5.74) is 7.19. The van der Waals surface area contributed by atoms with Crippen molar-refractivity contribution in [3.8, 4) is 6.07 Å². The number of hydrogen-bond donors (Lipinski definition) is 2. The second kappa shape index (κ2) is 8.34. The summed E-state index contributed by atoms with van der Waals surface area (Å²) in [5, 5.41) is 11.3. The highest BCUT2D eigenvalue weighted by molar-refractivity contribution is 5.83. The second-order valence-electron chi connectivity index (χ2n) is 5.17. The van der Waals surface area contributed by atoms with Crippen LogP contribution >= 0.6 is 0 Å². The van der Waals surface area contributed by atoms with Crippen molar-refractivity contribution in [1.29, 1.82) is 5.26 Å². The molecule has 0 radical (unpaired) electrons. The van der Waals surface area contributed by atoms with Crippen LogP contribution in [0.1, 0.15) is 16.7 Å². The molecule has 6 heteroatoms. The maximum Gasteiger partial charge on any atom is 0.329 e. The van der Waals surface area contributed by atoms with Gasteiger partial charge in [0.05, 0.1) is 11.6 Å². The van der Waals surface area contributed by atoms with Crippen LogP contribution in [0.5, 0.6) is 0 Å². The van der Waals surface area contributed by atoms with Crippen LogP contribution in [0.4, 0.5) is 4.79 Å². The number of primary amides is 1. The molecule has 0 saturated heterocycles. The Bertz CT molecular complexity index is 754. The molecule has 0 aliphatic rings. The summed E-state index contributed by atoms with van der Waals surface area (Å²) < 4.78 is 5.24. The molecule has 0 unspecified atom stereocenters. The third kappa shape index (κ3) is 5.14. The van der Waals surface area contributed by atoms with Crippen LogP contribution in [-0.4, -0.2) is 18.0 Å². The summed E-state index contributed by atoms with van der Waals surface area (Å²) in [5.74, 6) is -0.583. The van der Waals surface area contributed by atoms with E-state index in [4.69, 9.17) is 15.7 Å². The number of nitrogens with one attached hydrogen (secondary N) is 1. The van der Waals surface area contributed by atoms with E-state index in [1.165, 1.54) is 0 Å². The number of carbonyl (C=O) groups excluding carboxylic acids is 2. The Balaban J connectivity index is 2.01. The van der Waals surface area contributed by atoms with Crippen molar-refractivity contribution in [3.05, 3.63) is 71.3 Å². The van der Waals surface area contributed by atoms with Crippen LogP contribution in [0.15, 0.2) is 54.6 Å². The Labute approximate surface area is 139 Å². The molecule has 0 aliphatic heterocycles. The molecule has 0 spiro atoms. The molecule has 122 valence electrons. The first-order chi connectivity index (χ1) is 11.6. The van der Waals surface area contributed by atoms with Gasteiger partial charge in [0.2, 0.25) is 0 Å². The van der Waals surface area contributed by atoms with Gasteiger partial charge in [-0.05, 0) is 23.3 Å². The molecule has 1 atom stereocenters. The number of esters is 1. The lowest BCUT2D eigenvalue weighted by Crippen LogP contribution is -2.45. The Kier molecular flexibility index (Phi) is 5.92. The normalized spacial score (nSPS) is 11.1. The average Bonchev–Trinajstić information content (AvgIpc) is 2.60. The minimum Gasteiger partial charge on any atom is -0.459 e. The molecule has 0 aromatic heterocycles. The molecular weight excluding hydrogens is 306 g/mol. The van der Waals surface area contributed by atoms with E-state index in [-0.39, 0.29) is 13.0 Å². The predicted molar refractivity (Wildman–Crippen MR) is 87.6 cm³/mol. The lowest BCUT2D eigenvalue weighted by Gasteiger charge is -2.16. The Morgan fingerprint density at radius 2 is 1.83 bits per heavy atom. The van der Waals surface area contributed by atoms with Crippen LogP contribution < -0.4 is 11.1 Å². The van der Waals surface area contributed by atoms with Gasteiger partial charge in [-0.1, -0.05) is 42.5 Å². The van der Waals surface area contributed by atoms with Gasteiger partial charge in [-0.25, -0.2) is 9.59 Å². The fourth-order valence-electron chi connectivity index (χ4n) is 2.20. The predicted octanol–water partition coefficient (Wildman–Crippen LogP) is 1.88. The van der Waals surface area contributed by atoms with E-state index in [0.29, 0.717) is 11.1 Å². The quantitative estimate of drug-likeness (QED) is 0.792. The van der Waals surface area contributed by atoms with Crippen molar-refractivity contribution in [2.45, 2.75) is 19.1 Å². The van der Waals surface area contributed by atoms with Crippen LogP contribution in [0, 0.1) is 11.3 Å². The topological polar surface area (TPSA) is 105 Å². The van der Waals surface area contributed by atoms with Crippen molar-refractivity contribution in [3.63, 3.8) is 0 Å². The van der Waals surface area contributed by atoms with Crippen molar-refractivity contribution in [2.75, 3.05) is 0 Å². The summed E-state index contributed by atoms with van der Waals surface area (Å²) >= 11 is 0. The second-order valence-corrected chi connectivity index (χ2v) is 5.17. The first-order valence-corrected chi connectivity index (χ1v) is 7.34. The minimum absolute atomic E-state index is 0.0140. The number of nitriles is 1. The first-order valence-electron chi connectivity index (χ1n) is 7.34. The summed E-state index contributed by atoms with van der Waals surface area (Å²) in [6.07, 6.45) is 0.279. The van der Waals surface area contributed by atoms with E-state index in [0.717, 1.165) is 5.56 Å². The van der Waals surface area contributed by atoms with Gasteiger partial charge in [0.15, 0.2) is 0 Å². The highest BCUT2D eigenvalue weighted by atomic mass is 16.5. The highest BCUT2D eigenvalue weighted by Crippen LogP contribution is 2.09. The van der Waals surface area contributed by atoms with E-state index in [1.807, 2.05) is 36.4 Å². The summed E-state index contributed by atoms with van der Waals surface area (Å²) in [6, 6.07) is 16.4. The standard InChI is InChI=1S/C18H17N3O3/c19-11-14-7-4-8-15(9-14)12-24-17(22)16(21-18(20)23)10-13-5-2-1-3-6-13/h1-9,16H,10,12H2,(H3,20,21,23)/t16-/m0/s1. The first kappa shape index (κ1) is 17.0. The SMILES string of the molecule is N#Cc1cccc(COC(=O)[C@H](Cc2ccccc2)NC(N)=O)c1. The van der Waals surface area contributed by atoms with Crippen molar-refractivity contribution in [1.82, 2.24) is 5.32 Å². The van der Waals surface area contributed by atoms with Gasteiger partial charge in [-0.2, -0.15) is 5.26 Å². The smallest absolute Gasteiger partial charge is 0.329 e. The number of amides is 2. The number of rotatable bonds is 6. The Hall–Kier alpha value is -3.33. The van der Waals surface area contributed by atoms with Gasteiger partial charge in [0, 0.05) is 6.42 Å². The summed E-state index contributed by atoms with van der Waals surface area (Å²) in [6.45, 7) is 0.0140. The third-order valence-corrected chi connectivity index (χ3v) is 3.32. The van der Waals surface area contributed by atoms with E-state index in [9.17, 15) is 9.59 Å². The number of urea groups is 1. The van der Waals surface area contributed by atoms with E-state index >= 15 is 0 Å². The van der Waals surface area contributed by atoms with Gasteiger partial charge in [-0.15, -0.1) is 0 Å². The van der Waals surface area contributed by atoms with Gasteiger partial charge in [0.25, 0.3) is 0 Å². The van der Waals surface area contributed by atoms with E-state index in [2.05, 4.69) is 5.32 Å². The fourth-order valence-corrected chi connectivity index (χ4v) is 2.20. The molecule has 2 aromatic carbocycles. The Morgan fingerprint density at radius 3 is 2.50 bits per heavy atom. The van der Waals surface area contributed by atoms with Crippen LogP contribution in [0.3, 0.4) is 0 Å². The van der Waals surface area contributed by atoms with Crippen LogP contribution in [0.25, 0.3) is 0 Å². The van der Waals surface area contributed by atoms with Crippen molar-refractivity contribution in [2.24, 2.45) is 5.73 Å². The molecule has 3 N–H and O–H groups in total. The zero-order valence-corrected chi connectivity index (χ0v) is 12.9. The van der Waals surface area contributed by atoms with Crippen LogP contribution in [0.2, 0.25) is 0 Å². The number of ether oxygens (including phenoxy) is 1. The van der Waals surface area contributed by atoms with Gasteiger partial charge < -0.3 is 15.8 Å². The van der Waals surface area contributed by atoms with Crippen molar-refractivity contribution >= 4 is 12.0 Å². The van der Waals surface area contributed by atoms with E-state index < -0.39 is 18.0 Å². The molecular formula is C18H17N3O3. The molecule has 24 heavy (non-hydrogen) atoms. The molecule has 2 rings (SSSR count). The summed E-state index contributed by atoms with van der Waals surface area (Å²) in [7, 11) is 0.